The lowest BCUT2D eigenvalue weighted by Crippen LogP contribution is -1.94. The Morgan fingerprint density at radius 2 is 1.26 bits per heavy atom. The molecule has 23 heavy (non-hydrogen) atoms. The third-order valence-electron chi connectivity index (χ3n) is 3.80. The Labute approximate surface area is 137 Å². The maximum Gasteiger partial charge on any atom is 0.0633 e. The molecule has 0 amide bonds. The summed E-state index contributed by atoms with van der Waals surface area (Å²) in [7, 11) is 0. The first kappa shape index (κ1) is 15.0. The van der Waals surface area contributed by atoms with Gasteiger partial charge in [0.2, 0.25) is 0 Å². The molecule has 3 aromatic carbocycles. The minimum atomic E-state index is 0.782. The van der Waals surface area contributed by atoms with Crippen LogP contribution in [0.4, 0.5) is 0 Å². The highest BCUT2D eigenvalue weighted by Crippen LogP contribution is 2.24. The quantitative estimate of drug-likeness (QED) is 0.537. The largest absolute Gasteiger partial charge is 0.253 e. The highest BCUT2D eigenvalue weighted by molar-refractivity contribution is 6.01. The van der Waals surface area contributed by atoms with Crippen LogP contribution in [-0.4, -0.2) is 5.71 Å². The zero-order chi connectivity index (χ0) is 16.1. The maximum atomic E-state index is 4.67. The number of aliphatic imine (C=N–C) groups is 1. The molecule has 0 N–H and O–H groups in total. The van der Waals surface area contributed by atoms with Crippen molar-refractivity contribution >= 4 is 11.4 Å². The molecule has 3 aromatic rings. The molecule has 0 bridgehead atoms. The summed E-state index contributed by atoms with van der Waals surface area (Å²) in [5.74, 6) is 0. The van der Waals surface area contributed by atoms with E-state index in [1.807, 2.05) is 31.2 Å². The van der Waals surface area contributed by atoms with Gasteiger partial charge < -0.3 is 0 Å². The molecule has 0 saturated carbocycles. The molecule has 3 rings (SSSR count). The monoisotopic (exact) mass is 297 g/mol. The Kier molecular flexibility index (Phi) is 4.49. The lowest BCUT2D eigenvalue weighted by molar-refractivity contribution is 1.47. The van der Waals surface area contributed by atoms with Crippen LogP contribution in [-0.2, 0) is 0 Å². The second-order valence-corrected chi connectivity index (χ2v) is 5.46. The second-order valence-electron chi connectivity index (χ2n) is 5.46. The minimum absolute atomic E-state index is 0.782. The van der Waals surface area contributed by atoms with E-state index in [0.29, 0.717) is 0 Å². The van der Waals surface area contributed by atoms with Gasteiger partial charge in [-0.25, -0.2) is 0 Å². The average Bonchev–Trinajstić information content (AvgIpc) is 2.63. The molecule has 0 saturated heterocycles. The summed E-state index contributed by atoms with van der Waals surface area (Å²) in [5.41, 5.74) is 6.29. The van der Waals surface area contributed by atoms with Crippen LogP contribution in [0.3, 0.4) is 0 Å². The molecule has 0 aliphatic heterocycles. The Morgan fingerprint density at radius 1 is 0.696 bits per heavy atom. The summed E-state index contributed by atoms with van der Waals surface area (Å²) in [5, 5.41) is 0. The van der Waals surface area contributed by atoms with E-state index in [1.165, 1.54) is 11.1 Å². The number of hydrogen-bond acceptors (Lipinski definition) is 1. The molecular weight excluding hydrogens is 278 g/mol. The first-order valence-corrected chi connectivity index (χ1v) is 7.69. The van der Waals surface area contributed by atoms with E-state index in [4.69, 9.17) is 0 Å². The third kappa shape index (κ3) is 3.64. The molecule has 0 atom stereocenters. The predicted molar refractivity (Wildman–Crippen MR) is 99.6 cm³/mol. The van der Waals surface area contributed by atoms with Crippen molar-refractivity contribution in [2.24, 2.45) is 4.99 Å². The van der Waals surface area contributed by atoms with Gasteiger partial charge in [0.1, 0.15) is 0 Å². The van der Waals surface area contributed by atoms with Gasteiger partial charge in [-0.15, -0.1) is 0 Å². The van der Waals surface area contributed by atoms with Crippen molar-refractivity contribution in [3.05, 3.63) is 103 Å². The molecule has 0 spiro atoms. The summed E-state index contributed by atoms with van der Waals surface area (Å²) in [4.78, 5) is 4.67. The van der Waals surface area contributed by atoms with Crippen molar-refractivity contribution in [2.45, 2.75) is 6.92 Å². The molecule has 0 aliphatic rings. The standard InChI is InChI=1S/C22H19N/c1-17(19-10-5-3-6-11-19)23-18(2)21-14-9-15-22(16-21)20-12-7-4-8-13-20/h3-16H,2H2,1H3. The number of rotatable bonds is 4. The lowest BCUT2D eigenvalue weighted by Gasteiger charge is -2.07. The summed E-state index contributed by atoms with van der Waals surface area (Å²) in [6.45, 7) is 6.15. The Bertz CT molecular complexity index is 830. The van der Waals surface area contributed by atoms with Gasteiger partial charge in [-0.1, -0.05) is 85.4 Å². The fourth-order valence-corrected chi connectivity index (χ4v) is 2.52. The van der Waals surface area contributed by atoms with Crippen molar-refractivity contribution in [3.8, 4) is 11.1 Å². The van der Waals surface area contributed by atoms with Gasteiger partial charge in [-0.2, -0.15) is 0 Å². The Balaban J connectivity index is 1.89. The van der Waals surface area contributed by atoms with Gasteiger partial charge >= 0.3 is 0 Å². The summed E-state index contributed by atoms with van der Waals surface area (Å²) in [6, 6.07) is 28.9. The van der Waals surface area contributed by atoms with Gasteiger partial charge in [0.05, 0.1) is 5.70 Å². The van der Waals surface area contributed by atoms with E-state index in [1.54, 1.807) is 0 Å². The molecule has 0 radical (unpaired) electrons. The highest BCUT2D eigenvalue weighted by Gasteiger charge is 2.03. The summed E-state index contributed by atoms with van der Waals surface area (Å²) >= 11 is 0. The molecule has 0 fully saturated rings. The lowest BCUT2D eigenvalue weighted by atomic mass is 10.0. The van der Waals surface area contributed by atoms with Crippen molar-refractivity contribution in [3.63, 3.8) is 0 Å². The van der Waals surface area contributed by atoms with Crippen molar-refractivity contribution < 1.29 is 0 Å². The van der Waals surface area contributed by atoms with Gasteiger partial charge in [-0.05, 0) is 29.7 Å². The van der Waals surface area contributed by atoms with Crippen molar-refractivity contribution in [1.82, 2.24) is 0 Å². The van der Waals surface area contributed by atoms with Crippen LogP contribution < -0.4 is 0 Å². The van der Waals surface area contributed by atoms with Crippen LogP contribution in [0.2, 0.25) is 0 Å². The molecular formula is C22H19N. The van der Waals surface area contributed by atoms with Crippen LogP contribution in [0.25, 0.3) is 16.8 Å². The number of hydrogen-bond donors (Lipinski definition) is 0. The second kappa shape index (κ2) is 6.89. The summed E-state index contributed by atoms with van der Waals surface area (Å²) in [6.07, 6.45) is 0. The molecule has 0 heterocycles. The van der Waals surface area contributed by atoms with E-state index >= 15 is 0 Å². The zero-order valence-electron chi connectivity index (χ0n) is 13.2. The van der Waals surface area contributed by atoms with E-state index in [9.17, 15) is 0 Å². The molecule has 1 nitrogen and oxygen atoms in total. The number of benzene rings is 3. The van der Waals surface area contributed by atoms with Crippen LogP contribution in [0.5, 0.6) is 0 Å². The first-order chi connectivity index (χ1) is 11.2. The van der Waals surface area contributed by atoms with Crippen molar-refractivity contribution in [1.29, 1.82) is 0 Å². The van der Waals surface area contributed by atoms with Crippen LogP contribution in [0.1, 0.15) is 18.1 Å². The predicted octanol–water partition coefficient (Wildman–Crippen LogP) is 5.83. The van der Waals surface area contributed by atoms with Gasteiger partial charge in [-0.3, -0.25) is 4.99 Å². The fraction of sp³-hybridized carbons (Fsp3) is 0.0455. The van der Waals surface area contributed by atoms with Gasteiger partial charge in [0, 0.05) is 11.3 Å². The first-order valence-electron chi connectivity index (χ1n) is 7.69. The van der Waals surface area contributed by atoms with E-state index in [2.05, 4.69) is 72.2 Å². The molecule has 0 unspecified atom stereocenters. The maximum absolute atomic E-state index is 4.67. The van der Waals surface area contributed by atoms with Crippen LogP contribution in [0.15, 0.2) is 96.5 Å². The molecule has 0 aromatic heterocycles. The number of nitrogens with zero attached hydrogens (tertiary/aromatic N) is 1. The summed E-state index contributed by atoms with van der Waals surface area (Å²) < 4.78 is 0. The Morgan fingerprint density at radius 3 is 1.96 bits per heavy atom. The zero-order valence-corrected chi connectivity index (χ0v) is 13.2. The highest BCUT2D eigenvalue weighted by atomic mass is 14.7. The SMILES string of the molecule is C=C(N=C(C)c1ccccc1)c1cccc(-c2ccccc2)c1. The molecule has 1 heteroatoms. The van der Waals surface area contributed by atoms with Gasteiger partial charge in [0.15, 0.2) is 0 Å². The van der Waals surface area contributed by atoms with Gasteiger partial charge in [0.25, 0.3) is 0 Å². The normalized spacial score (nSPS) is 11.3. The smallest absolute Gasteiger partial charge is 0.0633 e. The van der Waals surface area contributed by atoms with Crippen LogP contribution >= 0.6 is 0 Å². The van der Waals surface area contributed by atoms with E-state index < -0.39 is 0 Å². The third-order valence-corrected chi connectivity index (χ3v) is 3.80. The molecule has 0 aliphatic carbocycles. The minimum Gasteiger partial charge on any atom is -0.253 e. The van der Waals surface area contributed by atoms with Crippen molar-refractivity contribution in [2.75, 3.05) is 0 Å². The average molecular weight is 297 g/mol. The van der Waals surface area contributed by atoms with E-state index in [-0.39, 0.29) is 0 Å². The molecule has 112 valence electrons. The Hall–Kier alpha value is -2.93. The fourth-order valence-electron chi connectivity index (χ4n) is 2.52. The van der Waals surface area contributed by atoms with Crippen LogP contribution in [0, 0.1) is 0 Å². The van der Waals surface area contributed by atoms with E-state index in [0.717, 1.165) is 22.5 Å². The topological polar surface area (TPSA) is 12.4 Å².